The molecular formula is C11H10F6N2O2. The van der Waals surface area contributed by atoms with Crippen LogP contribution in [0.15, 0.2) is 18.2 Å². The minimum Gasteiger partial charge on any atom is -0.506 e. The highest BCUT2D eigenvalue weighted by atomic mass is 19.4. The summed E-state index contributed by atoms with van der Waals surface area (Å²) >= 11 is 0. The van der Waals surface area contributed by atoms with Gasteiger partial charge < -0.3 is 15.7 Å². The topological polar surface area (TPSA) is 61.4 Å². The van der Waals surface area contributed by atoms with Crippen molar-refractivity contribution >= 4 is 11.6 Å². The number of nitrogens with one attached hydrogen (secondary N) is 2. The van der Waals surface area contributed by atoms with Gasteiger partial charge in [-0.2, -0.15) is 26.3 Å². The molecule has 0 heterocycles. The van der Waals surface area contributed by atoms with E-state index in [-0.39, 0.29) is 0 Å². The molecule has 1 rings (SSSR count). The highest BCUT2D eigenvalue weighted by molar-refractivity contribution is 5.93. The van der Waals surface area contributed by atoms with E-state index >= 15 is 0 Å². The Kier molecular flexibility index (Phi) is 5.05. The Bertz CT molecular complexity index is 512. The lowest BCUT2D eigenvalue weighted by atomic mass is 10.2. The second kappa shape index (κ2) is 6.20. The molecule has 21 heavy (non-hydrogen) atoms. The van der Waals surface area contributed by atoms with Gasteiger partial charge in [-0.1, -0.05) is 0 Å². The first-order chi connectivity index (χ1) is 9.49. The van der Waals surface area contributed by atoms with Crippen LogP contribution in [0.25, 0.3) is 0 Å². The molecule has 3 N–H and O–H groups in total. The quantitative estimate of drug-likeness (QED) is 0.591. The van der Waals surface area contributed by atoms with Crippen molar-refractivity contribution in [2.75, 3.05) is 18.4 Å². The van der Waals surface area contributed by atoms with Crippen molar-refractivity contribution in [3.8, 4) is 5.75 Å². The summed E-state index contributed by atoms with van der Waals surface area (Å²) in [6, 6.07) is 1.81. The lowest BCUT2D eigenvalue weighted by Crippen LogP contribution is -2.35. The smallest absolute Gasteiger partial charge is 0.416 e. The van der Waals surface area contributed by atoms with Crippen LogP contribution >= 0.6 is 0 Å². The van der Waals surface area contributed by atoms with Gasteiger partial charge in [-0.25, -0.2) is 0 Å². The third-order valence-corrected chi connectivity index (χ3v) is 2.21. The van der Waals surface area contributed by atoms with Gasteiger partial charge in [0.2, 0.25) is 5.91 Å². The van der Waals surface area contributed by atoms with Gasteiger partial charge in [0.1, 0.15) is 5.75 Å². The van der Waals surface area contributed by atoms with Crippen molar-refractivity contribution in [2.45, 2.75) is 12.4 Å². The number of carbonyl (C=O) groups excluding carboxylic acids is 1. The van der Waals surface area contributed by atoms with Gasteiger partial charge in [0.25, 0.3) is 0 Å². The van der Waals surface area contributed by atoms with E-state index in [9.17, 15) is 36.2 Å². The molecular weight excluding hydrogens is 306 g/mol. The summed E-state index contributed by atoms with van der Waals surface area (Å²) in [5.74, 6) is -1.65. The SMILES string of the molecule is O=C(CNCC(F)(F)F)Nc1cc(C(F)(F)F)ccc1O. The maximum atomic E-state index is 12.4. The van der Waals surface area contributed by atoms with Crippen molar-refractivity contribution in [3.63, 3.8) is 0 Å². The average Bonchev–Trinajstić information content (AvgIpc) is 2.28. The average molecular weight is 316 g/mol. The predicted octanol–water partition coefficient (Wildman–Crippen LogP) is 2.50. The fourth-order valence-corrected chi connectivity index (χ4v) is 1.32. The van der Waals surface area contributed by atoms with Crippen molar-refractivity contribution in [2.24, 2.45) is 0 Å². The molecule has 0 aromatic heterocycles. The molecule has 0 atom stereocenters. The highest BCUT2D eigenvalue weighted by Crippen LogP contribution is 2.34. The zero-order chi connectivity index (χ0) is 16.3. The van der Waals surface area contributed by atoms with E-state index in [2.05, 4.69) is 0 Å². The number of phenolic OH excluding ortho intramolecular Hbond substituents is 1. The number of aromatic hydroxyl groups is 1. The number of hydrogen-bond donors (Lipinski definition) is 3. The summed E-state index contributed by atoms with van der Waals surface area (Å²) < 4.78 is 72.8. The van der Waals surface area contributed by atoms with Crippen LogP contribution in [-0.4, -0.2) is 30.3 Å². The Labute approximate surface area is 114 Å². The fraction of sp³-hybridized carbons (Fsp3) is 0.364. The summed E-state index contributed by atoms with van der Waals surface area (Å²) in [6.45, 7) is -2.19. The second-order valence-electron chi connectivity index (χ2n) is 4.00. The Balaban J connectivity index is 2.68. The van der Waals surface area contributed by atoms with E-state index in [0.717, 1.165) is 6.07 Å². The van der Waals surface area contributed by atoms with Crippen LogP contribution in [0, 0.1) is 0 Å². The third kappa shape index (κ3) is 5.90. The van der Waals surface area contributed by atoms with E-state index in [1.165, 1.54) is 0 Å². The number of rotatable bonds is 4. The summed E-state index contributed by atoms with van der Waals surface area (Å²) in [7, 11) is 0. The molecule has 0 saturated carbocycles. The Morgan fingerprint density at radius 1 is 1.14 bits per heavy atom. The number of carbonyl (C=O) groups is 1. The van der Waals surface area contributed by atoms with Gasteiger partial charge in [0.05, 0.1) is 24.3 Å². The van der Waals surface area contributed by atoms with E-state index in [4.69, 9.17) is 0 Å². The van der Waals surface area contributed by atoms with Gasteiger partial charge in [-0.3, -0.25) is 4.79 Å². The number of amides is 1. The van der Waals surface area contributed by atoms with Crippen LogP contribution in [0.1, 0.15) is 5.56 Å². The molecule has 0 radical (unpaired) electrons. The number of alkyl halides is 6. The van der Waals surface area contributed by atoms with Crippen molar-refractivity contribution < 1.29 is 36.2 Å². The molecule has 0 bridgehead atoms. The molecule has 0 unspecified atom stereocenters. The molecule has 10 heteroatoms. The monoisotopic (exact) mass is 316 g/mol. The normalized spacial score (nSPS) is 12.3. The summed E-state index contributed by atoms with van der Waals surface area (Å²) in [6.07, 6.45) is -9.19. The van der Waals surface area contributed by atoms with Gasteiger partial charge in [0, 0.05) is 0 Å². The van der Waals surface area contributed by atoms with E-state index < -0.39 is 48.3 Å². The van der Waals surface area contributed by atoms with Gasteiger partial charge >= 0.3 is 12.4 Å². The van der Waals surface area contributed by atoms with Crippen LogP contribution in [0.3, 0.4) is 0 Å². The maximum Gasteiger partial charge on any atom is 0.416 e. The van der Waals surface area contributed by atoms with Crippen molar-refractivity contribution in [1.29, 1.82) is 0 Å². The van der Waals surface area contributed by atoms with Crippen molar-refractivity contribution in [1.82, 2.24) is 5.32 Å². The second-order valence-corrected chi connectivity index (χ2v) is 4.00. The molecule has 0 aliphatic heterocycles. The zero-order valence-corrected chi connectivity index (χ0v) is 10.3. The number of benzene rings is 1. The molecule has 118 valence electrons. The van der Waals surface area contributed by atoms with E-state index in [1.807, 2.05) is 5.32 Å². The van der Waals surface area contributed by atoms with Crippen LogP contribution < -0.4 is 10.6 Å². The Morgan fingerprint density at radius 3 is 2.29 bits per heavy atom. The molecule has 0 saturated heterocycles. The largest absolute Gasteiger partial charge is 0.506 e. The summed E-state index contributed by atoms with van der Waals surface area (Å²) in [5.41, 5.74) is -1.65. The highest BCUT2D eigenvalue weighted by Gasteiger charge is 2.31. The van der Waals surface area contributed by atoms with Crippen LogP contribution in [0.4, 0.5) is 32.0 Å². The van der Waals surface area contributed by atoms with Crippen LogP contribution in [0.5, 0.6) is 5.75 Å². The molecule has 0 fully saturated rings. The lowest BCUT2D eigenvalue weighted by molar-refractivity contribution is -0.137. The van der Waals surface area contributed by atoms with Crippen LogP contribution in [0.2, 0.25) is 0 Å². The van der Waals surface area contributed by atoms with Gasteiger partial charge in [-0.05, 0) is 18.2 Å². The molecule has 0 aliphatic rings. The maximum absolute atomic E-state index is 12.4. The molecule has 1 amide bonds. The number of hydrogen-bond acceptors (Lipinski definition) is 3. The molecule has 4 nitrogen and oxygen atoms in total. The first-order valence-electron chi connectivity index (χ1n) is 5.46. The third-order valence-electron chi connectivity index (χ3n) is 2.21. The number of anilines is 1. The minimum atomic E-state index is -4.68. The van der Waals surface area contributed by atoms with E-state index in [1.54, 1.807) is 5.32 Å². The predicted molar refractivity (Wildman–Crippen MR) is 60.7 cm³/mol. The standard InChI is InChI=1S/C11H10F6N2O2/c12-10(13,14)5-18-4-9(21)19-7-3-6(11(15,16)17)1-2-8(7)20/h1-3,18,20H,4-5H2,(H,19,21). The molecule has 0 aliphatic carbocycles. The minimum absolute atomic E-state index is 0.483. The van der Waals surface area contributed by atoms with E-state index in [0.29, 0.717) is 12.1 Å². The molecule has 1 aromatic rings. The lowest BCUT2D eigenvalue weighted by Gasteiger charge is -2.12. The molecule has 0 spiro atoms. The molecule has 1 aromatic carbocycles. The van der Waals surface area contributed by atoms with Gasteiger partial charge in [-0.15, -0.1) is 0 Å². The van der Waals surface area contributed by atoms with Crippen molar-refractivity contribution in [3.05, 3.63) is 23.8 Å². The van der Waals surface area contributed by atoms with Crippen LogP contribution in [-0.2, 0) is 11.0 Å². The summed E-state index contributed by atoms with van der Waals surface area (Å²) in [4.78, 5) is 11.3. The number of phenols is 1. The zero-order valence-electron chi connectivity index (χ0n) is 10.3. The van der Waals surface area contributed by atoms with Gasteiger partial charge in [0.15, 0.2) is 0 Å². The Hall–Kier alpha value is -1.97. The number of halogens is 6. The Morgan fingerprint density at radius 2 is 1.76 bits per heavy atom. The first kappa shape index (κ1) is 17.1. The fourth-order valence-electron chi connectivity index (χ4n) is 1.32. The first-order valence-corrected chi connectivity index (χ1v) is 5.46. The summed E-state index contributed by atoms with van der Waals surface area (Å²) in [5, 5.41) is 13.0.